The molecule has 0 rings (SSSR count). The number of allylic oxidation sites excluding steroid dienone is 4. The summed E-state index contributed by atoms with van der Waals surface area (Å²) in [5.74, 6) is 0. The van der Waals surface area contributed by atoms with E-state index in [0.29, 0.717) is 0 Å². The lowest BCUT2D eigenvalue weighted by atomic mass is 10.6. The Morgan fingerprint density at radius 1 is 0.650 bits per heavy atom. The fourth-order valence-corrected chi connectivity index (χ4v) is 5.90. The highest BCUT2D eigenvalue weighted by atomic mass is 28.4. The molecule has 0 aliphatic heterocycles. The molecule has 4 nitrogen and oxygen atoms in total. The van der Waals surface area contributed by atoms with Crippen LogP contribution in [-0.4, -0.2) is 45.6 Å². The molecule has 0 heterocycles. The van der Waals surface area contributed by atoms with Gasteiger partial charge in [-0.25, -0.2) is 0 Å². The summed E-state index contributed by atoms with van der Waals surface area (Å²) < 4.78 is 22.3. The first-order chi connectivity index (χ1) is 9.57. The first-order valence-electron chi connectivity index (χ1n) is 6.65. The molecular weight excluding hydrogens is 288 g/mol. The second kappa shape index (κ2) is 10.3. The van der Waals surface area contributed by atoms with E-state index in [0.717, 1.165) is 24.2 Å². The van der Waals surface area contributed by atoms with Crippen LogP contribution in [0.3, 0.4) is 0 Å². The van der Waals surface area contributed by atoms with Crippen LogP contribution in [-0.2, 0) is 17.7 Å². The summed E-state index contributed by atoms with van der Waals surface area (Å²) >= 11 is 0. The van der Waals surface area contributed by atoms with Crippen molar-refractivity contribution in [2.75, 3.05) is 28.4 Å². The molecular formula is C14H28O4Si2. The van der Waals surface area contributed by atoms with E-state index in [-0.39, 0.29) is 0 Å². The first kappa shape index (κ1) is 19.5. The molecule has 6 heteroatoms. The van der Waals surface area contributed by atoms with Crippen molar-refractivity contribution in [3.8, 4) is 0 Å². The molecule has 0 atom stereocenters. The van der Waals surface area contributed by atoms with Gasteiger partial charge in [0.1, 0.15) is 0 Å². The molecule has 0 amide bonds. The van der Waals surface area contributed by atoms with Crippen LogP contribution in [0.5, 0.6) is 0 Å². The maximum atomic E-state index is 5.59. The number of hydrogen-bond acceptors (Lipinski definition) is 4. The predicted molar refractivity (Wildman–Crippen MR) is 88.3 cm³/mol. The summed E-state index contributed by atoms with van der Waals surface area (Å²) in [5.41, 5.74) is 0. The second-order valence-electron chi connectivity index (χ2n) is 4.50. The average Bonchev–Trinajstić information content (AvgIpc) is 2.49. The Morgan fingerprint density at radius 2 is 0.950 bits per heavy atom. The standard InChI is InChI=1S/C14H28O4Si2/c1-7-11-19(15-3,16-4)13-9-10-14-20(17-5,18-6)12-8-2/h7-10H,1-2,11-14H2,3-6H3/b10-9+. The summed E-state index contributed by atoms with van der Waals surface area (Å²) in [4.78, 5) is 0. The van der Waals surface area contributed by atoms with Crippen molar-refractivity contribution >= 4 is 17.1 Å². The van der Waals surface area contributed by atoms with E-state index in [1.807, 2.05) is 12.2 Å². The van der Waals surface area contributed by atoms with E-state index in [1.165, 1.54) is 0 Å². The highest BCUT2D eigenvalue weighted by molar-refractivity contribution is 6.69. The van der Waals surface area contributed by atoms with Crippen LogP contribution in [0.2, 0.25) is 24.2 Å². The first-order valence-corrected chi connectivity index (χ1v) is 11.1. The summed E-state index contributed by atoms with van der Waals surface area (Å²) in [6.45, 7) is 7.53. The maximum absolute atomic E-state index is 5.59. The molecule has 0 spiro atoms. The largest absolute Gasteiger partial charge is 0.397 e. The molecule has 0 saturated heterocycles. The van der Waals surface area contributed by atoms with E-state index in [1.54, 1.807) is 28.4 Å². The van der Waals surface area contributed by atoms with Gasteiger partial charge in [0.25, 0.3) is 0 Å². The van der Waals surface area contributed by atoms with Crippen molar-refractivity contribution in [2.45, 2.75) is 24.2 Å². The molecule has 0 saturated carbocycles. The molecule has 116 valence electrons. The molecule has 0 radical (unpaired) electrons. The smallest absolute Gasteiger partial charge is 0.345 e. The lowest BCUT2D eigenvalue weighted by Crippen LogP contribution is -2.39. The molecule has 0 N–H and O–H groups in total. The molecule has 0 unspecified atom stereocenters. The molecule has 20 heavy (non-hydrogen) atoms. The summed E-state index contributed by atoms with van der Waals surface area (Å²) in [6.07, 6.45) is 7.92. The van der Waals surface area contributed by atoms with Crippen molar-refractivity contribution in [1.82, 2.24) is 0 Å². The van der Waals surface area contributed by atoms with E-state index in [9.17, 15) is 0 Å². The van der Waals surface area contributed by atoms with Crippen molar-refractivity contribution in [3.63, 3.8) is 0 Å². The number of rotatable bonds is 12. The number of hydrogen-bond donors (Lipinski definition) is 0. The predicted octanol–water partition coefficient (Wildman–Crippen LogP) is 3.38. The molecule has 0 aromatic rings. The van der Waals surface area contributed by atoms with Crippen LogP contribution in [0.25, 0.3) is 0 Å². The van der Waals surface area contributed by atoms with Gasteiger partial charge < -0.3 is 17.7 Å². The zero-order chi connectivity index (χ0) is 15.5. The zero-order valence-corrected chi connectivity index (χ0v) is 15.2. The van der Waals surface area contributed by atoms with Crippen LogP contribution in [0.15, 0.2) is 37.5 Å². The lowest BCUT2D eigenvalue weighted by molar-refractivity contribution is 0.247. The Bertz CT molecular complexity index is 280. The quantitative estimate of drug-likeness (QED) is 0.408. The molecule has 0 aliphatic carbocycles. The Morgan fingerprint density at radius 3 is 1.15 bits per heavy atom. The Hall–Kier alpha value is -0.506. The van der Waals surface area contributed by atoms with Crippen LogP contribution >= 0.6 is 0 Å². The normalized spacial score (nSPS) is 12.8. The van der Waals surface area contributed by atoms with Gasteiger partial charge in [0.2, 0.25) is 0 Å². The van der Waals surface area contributed by atoms with Crippen molar-refractivity contribution in [2.24, 2.45) is 0 Å². The third-order valence-corrected chi connectivity index (χ3v) is 9.94. The van der Waals surface area contributed by atoms with Crippen molar-refractivity contribution in [1.29, 1.82) is 0 Å². The van der Waals surface area contributed by atoms with Crippen molar-refractivity contribution < 1.29 is 17.7 Å². The Kier molecular flexibility index (Phi) is 9.99. The van der Waals surface area contributed by atoms with E-state index >= 15 is 0 Å². The SMILES string of the molecule is C=CC[Si](C/C=C/C[Si](CC=C)(OC)OC)(OC)OC. The van der Waals surface area contributed by atoms with Crippen LogP contribution in [0.4, 0.5) is 0 Å². The zero-order valence-electron chi connectivity index (χ0n) is 13.2. The van der Waals surface area contributed by atoms with Crippen LogP contribution in [0, 0.1) is 0 Å². The third kappa shape index (κ3) is 5.86. The highest BCUT2D eigenvalue weighted by Crippen LogP contribution is 2.21. The van der Waals surface area contributed by atoms with Gasteiger partial charge in [0.05, 0.1) is 0 Å². The van der Waals surface area contributed by atoms with Gasteiger partial charge in [-0.2, -0.15) is 0 Å². The molecule has 0 aliphatic rings. The third-order valence-electron chi connectivity index (χ3n) is 3.42. The van der Waals surface area contributed by atoms with Crippen LogP contribution in [0.1, 0.15) is 0 Å². The fourth-order valence-electron chi connectivity index (χ4n) is 1.97. The average molecular weight is 317 g/mol. The summed E-state index contributed by atoms with van der Waals surface area (Å²) in [6, 6.07) is 3.12. The highest BCUT2D eigenvalue weighted by Gasteiger charge is 2.34. The van der Waals surface area contributed by atoms with Crippen molar-refractivity contribution in [3.05, 3.63) is 37.5 Å². The minimum Gasteiger partial charge on any atom is -0.397 e. The monoisotopic (exact) mass is 316 g/mol. The van der Waals surface area contributed by atoms with Gasteiger partial charge in [0.15, 0.2) is 0 Å². The molecule has 0 aromatic heterocycles. The van der Waals surface area contributed by atoms with Gasteiger partial charge in [-0.1, -0.05) is 24.3 Å². The molecule has 0 fully saturated rings. The van der Waals surface area contributed by atoms with Gasteiger partial charge in [-0.15, -0.1) is 13.2 Å². The summed E-state index contributed by atoms with van der Waals surface area (Å²) in [7, 11) is 2.47. The molecule has 0 aromatic carbocycles. The minimum atomic E-state index is -2.17. The molecule has 0 bridgehead atoms. The minimum absolute atomic E-state index is 0.772. The Labute approximate surface area is 125 Å². The lowest BCUT2D eigenvalue weighted by Gasteiger charge is -2.26. The van der Waals surface area contributed by atoms with Gasteiger partial charge >= 0.3 is 17.1 Å². The Balaban J connectivity index is 4.62. The fraction of sp³-hybridized carbons (Fsp3) is 0.571. The topological polar surface area (TPSA) is 36.9 Å². The van der Waals surface area contributed by atoms with Gasteiger partial charge in [-0.3, -0.25) is 0 Å². The van der Waals surface area contributed by atoms with Gasteiger partial charge in [0, 0.05) is 52.6 Å². The van der Waals surface area contributed by atoms with E-state index in [2.05, 4.69) is 25.3 Å². The maximum Gasteiger partial charge on any atom is 0.345 e. The summed E-state index contributed by atoms with van der Waals surface area (Å²) in [5, 5.41) is 0. The van der Waals surface area contributed by atoms with Gasteiger partial charge in [-0.05, 0) is 0 Å². The van der Waals surface area contributed by atoms with E-state index in [4.69, 9.17) is 17.7 Å². The van der Waals surface area contributed by atoms with E-state index < -0.39 is 17.1 Å². The van der Waals surface area contributed by atoms with Crippen LogP contribution < -0.4 is 0 Å². The second-order valence-corrected chi connectivity index (χ2v) is 11.4.